The highest BCUT2D eigenvalue weighted by molar-refractivity contribution is 6.48. The number of nitrogens with one attached hydrogen (secondary N) is 1. The van der Waals surface area contributed by atoms with Crippen LogP contribution in [0.1, 0.15) is 11.1 Å². The first-order valence-electron chi connectivity index (χ1n) is 7.51. The Morgan fingerprint density at radius 3 is 2.38 bits per heavy atom. The van der Waals surface area contributed by atoms with Gasteiger partial charge in [-0.1, -0.05) is 58.5 Å². The van der Waals surface area contributed by atoms with E-state index in [1.165, 1.54) is 0 Å². The van der Waals surface area contributed by atoms with E-state index < -0.39 is 11.8 Å². The molecule has 0 unspecified atom stereocenters. The second kappa shape index (κ2) is 7.49. The Hall–Kier alpha value is -1.72. The summed E-state index contributed by atoms with van der Waals surface area (Å²) >= 11 is 24.2. The monoisotopic (exact) mass is 428 g/mol. The van der Waals surface area contributed by atoms with Gasteiger partial charge in [0.15, 0.2) is 0 Å². The molecule has 134 valence electrons. The van der Waals surface area contributed by atoms with Crippen molar-refractivity contribution in [2.24, 2.45) is 0 Å². The fraction of sp³-hybridized carbons (Fsp3) is 0.111. The molecule has 0 saturated heterocycles. The summed E-state index contributed by atoms with van der Waals surface area (Å²) in [5.41, 5.74) is 1.93. The lowest BCUT2D eigenvalue weighted by Gasteiger charge is -2.16. The zero-order chi connectivity index (χ0) is 19.0. The van der Waals surface area contributed by atoms with Gasteiger partial charge in [-0.2, -0.15) is 0 Å². The van der Waals surface area contributed by atoms with Crippen molar-refractivity contribution in [1.82, 2.24) is 4.90 Å². The molecule has 0 atom stereocenters. The Morgan fingerprint density at radius 1 is 0.962 bits per heavy atom. The maximum absolute atomic E-state index is 12.7. The smallest absolute Gasteiger partial charge is 0.279 e. The lowest BCUT2D eigenvalue weighted by molar-refractivity contribution is -0.138. The summed E-state index contributed by atoms with van der Waals surface area (Å²) in [6.07, 6.45) is 0. The van der Waals surface area contributed by atoms with Crippen LogP contribution in [0.2, 0.25) is 15.1 Å². The van der Waals surface area contributed by atoms with Crippen molar-refractivity contribution in [3.05, 3.63) is 73.3 Å². The molecule has 0 radical (unpaired) electrons. The van der Waals surface area contributed by atoms with Crippen molar-refractivity contribution in [2.45, 2.75) is 13.5 Å². The van der Waals surface area contributed by atoms with Gasteiger partial charge in [0.2, 0.25) is 0 Å². The third-order valence-corrected chi connectivity index (χ3v) is 5.33. The summed E-state index contributed by atoms with van der Waals surface area (Å²) in [7, 11) is 0. The van der Waals surface area contributed by atoms with Crippen molar-refractivity contribution in [1.29, 1.82) is 0 Å². The summed E-state index contributed by atoms with van der Waals surface area (Å²) in [6.45, 7) is 1.79. The maximum Gasteiger partial charge on any atom is 0.279 e. The fourth-order valence-corrected chi connectivity index (χ4v) is 3.37. The molecular formula is C18H12Cl4N2O2. The summed E-state index contributed by atoms with van der Waals surface area (Å²) < 4.78 is 0. The van der Waals surface area contributed by atoms with E-state index in [9.17, 15) is 9.59 Å². The first kappa shape index (κ1) is 19.1. The summed E-state index contributed by atoms with van der Waals surface area (Å²) in [5.74, 6) is -1.13. The number of imide groups is 1. The largest absolute Gasteiger partial charge is 0.349 e. The van der Waals surface area contributed by atoms with Crippen LogP contribution in [0.5, 0.6) is 0 Å². The predicted molar refractivity (Wildman–Crippen MR) is 105 cm³/mol. The quantitative estimate of drug-likeness (QED) is 0.663. The fourth-order valence-electron chi connectivity index (χ4n) is 2.50. The van der Waals surface area contributed by atoms with Crippen LogP contribution in [0.15, 0.2) is 47.1 Å². The van der Waals surface area contributed by atoms with Crippen molar-refractivity contribution in [3.8, 4) is 0 Å². The molecule has 1 aliphatic heterocycles. The van der Waals surface area contributed by atoms with Crippen LogP contribution in [-0.2, 0) is 16.1 Å². The van der Waals surface area contributed by atoms with Gasteiger partial charge in [-0.25, -0.2) is 0 Å². The van der Waals surface area contributed by atoms with Crippen LogP contribution in [0.25, 0.3) is 0 Å². The third-order valence-electron chi connectivity index (χ3n) is 3.98. The van der Waals surface area contributed by atoms with Crippen LogP contribution in [-0.4, -0.2) is 16.7 Å². The Labute approximate surface area is 170 Å². The van der Waals surface area contributed by atoms with Gasteiger partial charge in [0, 0.05) is 20.8 Å². The predicted octanol–water partition coefficient (Wildman–Crippen LogP) is 5.39. The molecule has 2 aromatic rings. The van der Waals surface area contributed by atoms with E-state index in [1.54, 1.807) is 43.3 Å². The summed E-state index contributed by atoms with van der Waals surface area (Å²) in [5, 5.41) is 4.10. The van der Waals surface area contributed by atoms with Crippen LogP contribution in [0.3, 0.4) is 0 Å². The molecule has 4 nitrogen and oxygen atoms in total. The number of hydrogen-bond acceptors (Lipinski definition) is 3. The first-order valence-corrected chi connectivity index (χ1v) is 9.03. The average molecular weight is 430 g/mol. The highest BCUT2D eigenvalue weighted by Crippen LogP contribution is 2.31. The average Bonchev–Trinajstić information content (AvgIpc) is 2.79. The minimum Gasteiger partial charge on any atom is -0.349 e. The molecule has 1 aliphatic rings. The summed E-state index contributed by atoms with van der Waals surface area (Å²) in [4.78, 5) is 26.2. The van der Waals surface area contributed by atoms with Gasteiger partial charge in [-0.05, 0) is 42.3 Å². The Bertz CT molecular complexity index is 956. The van der Waals surface area contributed by atoms with Gasteiger partial charge in [0.25, 0.3) is 11.8 Å². The van der Waals surface area contributed by atoms with Crippen LogP contribution in [0, 0.1) is 6.92 Å². The Balaban J connectivity index is 1.86. The maximum atomic E-state index is 12.7. The lowest BCUT2D eigenvalue weighted by Crippen LogP contribution is -2.32. The molecule has 0 aromatic heterocycles. The van der Waals surface area contributed by atoms with Crippen LogP contribution in [0.4, 0.5) is 5.69 Å². The highest BCUT2D eigenvalue weighted by atomic mass is 35.5. The van der Waals surface area contributed by atoms with Gasteiger partial charge in [-0.3, -0.25) is 14.5 Å². The van der Waals surface area contributed by atoms with E-state index in [2.05, 4.69) is 5.32 Å². The van der Waals surface area contributed by atoms with Crippen molar-refractivity contribution in [2.75, 3.05) is 5.32 Å². The molecule has 2 aromatic carbocycles. The number of anilines is 1. The number of rotatable bonds is 4. The second-order valence-corrected chi connectivity index (χ2v) is 7.29. The number of carbonyl (C=O) groups is 2. The molecule has 0 bridgehead atoms. The van der Waals surface area contributed by atoms with Gasteiger partial charge < -0.3 is 5.32 Å². The normalized spacial score (nSPS) is 14.4. The van der Waals surface area contributed by atoms with Crippen molar-refractivity contribution < 1.29 is 9.59 Å². The molecule has 0 spiro atoms. The Kier molecular flexibility index (Phi) is 5.49. The van der Waals surface area contributed by atoms with Gasteiger partial charge >= 0.3 is 0 Å². The number of amides is 2. The minimum absolute atomic E-state index is 0.00659. The van der Waals surface area contributed by atoms with Crippen LogP contribution >= 0.6 is 46.4 Å². The first-order chi connectivity index (χ1) is 12.3. The standard InChI is InChI=1S/C18H12Cl4N2O2/c1-9-12(20)3-2-4-14(9)23-16-15(22)17(25)24(18(16)26)8-10-5-6-11(19)7-13(10)21/h2-7,23H,8H2,1H3. The van der Waals surface area contributed by atoms with E-state index >= 15 is 0 Å². The highest BCUT2D eigenvalue weighted by Gasteiger charge is 2.38. The van der Waals surface area contributed by atoms with E-state index in [-0.39, 0.29) is 17.3 Å². The van der Waals surface area contributed by atoms with Gasteiger partial charge in [-0.15, -0.1) is 0 Å². The topological polar surface area (TPSA) is 49.4 Å². The number of benzene rings is 2. The zero-order valence-corrected chi connectivity index (χ0v) is 16.5. The molecule has 0 fully saturated rings. The molecule has 8 heteroatoms. The molecule has 2 amide bonds. The van der Waals surface area contributed by atoms with Gasteiger partial charge in [0.05, 0.1) is 6.54 Å². The van der Waals surface area contributed by atoms with Crippen molar-refractivity contribution >= 4 is 63.9 Å². The van der Waals surface area contributed by atoms with E-state index in [1.807, 2.05) is 0 Å². The number of nitrogens with zero attached hydrogens (tertiary/aromatic N) is 1. The molecule has 26 heavy (non-hydrogen) atoms. The molecule has 0 aliphatic carbocycles. The summed E-state index contributed by atoms with van der Waals surface area (Å²) in [6, 6.07) is 10.1. The van der Waals surface area contributed by atoms with E-state index in [0.717, 1.165) is 10.5 Å². The van der Waals surface area contributed by atoms with Gasteiger partial charge in [0.1, 0.15) is 10.7 Å². The lowest BCUT2D eigenvalue weighted by atomic mass is 10.2. The number of hydrogen-bond donors (Lipinski definition) is 1. The minimum atomic E-state index is -0.593. The zero-order valence-electron chi connectivity index (χ0n) is 13.4. The molecule has 1 heterocycles. The van der Waals surface area contributed by atoms with E-state index in [0.29, 0.717) is 26.3 Å². The SMILES string of the molecule is Cc1c(Cl)cccc1NC1=C(Cl)C(=O)N(Cc2ccc(Cl)cc2Cl)C1=O. The van der Waals surface area contributed by atoms with Crippen molar-refractivity contribution in [3.63, 3.8) is 0 Å². The molecule has 1 N–H and O–H groups in total. The number of halogens is 4. The molecular weight excluding hydrogens is 418 g/mol. The molecule has 0 saturated carbocycles. The van der Waals surface area contributed by atoms with E-state index in [4.69, 9.17) is 46.4 Å². The van der Waals surface area contributed by atoms with Crippen LogP contribution < -0.4 is 5.32 Å². The second-order valence-electron chi connectivity index (χ2n) is 5.66. The Morgan fingerprint density at radius 2 is 1.69 bits per heavy atom. The number of carbonyl (C=O) groups excluding carboxylic acids is 2. The molecule has 3 rings (SSSR count). The third kappa shape index (κ3) is 3.55.